The number of hydrogen-bond acceptors (Lipinski definition) is 4. The summed E-state index contributed by atoms with van der Waals surface area (Å²) in [4.78, 5) is 11.3. The number of carbonyl (C=O) groups is 1. The van der Waals surface area contributed by atoms with E-state index in [0.717, 1.165) is 5.56 Å². The Kier molecular flexibility index (Phi) is 3.55. The molecule has 0 aliphatic carbocycles. The quantitative estimate of drug-likeness (QED) is 0.737. The van der Waals surface area contributed by atoms with Crippen LogP contribution in [0.5, 0.6) is 5.75 Å². The van der Waals surface area contributed by atoms with Gasteiger partial charge < -0.3 is 15.2 Å². The molecule has 15 heavy (non-hydrogen) atoms. The molecule has 1 aliphatic rings. The van der Waals surface area contributed by atoms with E-state index in [1.54, 1.807) is 12.1 Å². The van der Waals surface area contributed by atoms with Crippen LogP contribution in [0.1, 0.15) is 22.0 Å². The highest BCUT2D eigenvalue weighted by molar-refractivity contribution is 5.93. The van der Waals surface area contributed by atoms with E-state index >= 15 is 0 Å². The first-order chi connectivity index (χ1) is 6.74. The Labute approximate surface area is 93.8 Å². The average Bonchev–Trinajstić information content (AvgIpc) is 2.59. The van der Waals surface area contributed by atoms with E-state index in [1.807, 2.05) is 6.07 Å². The zero-order chi connectivity index (χ0) is 10.1. The number of methoxy groups -OCH3 is 1. The van der Waals surface area contributed by atoms with Crippen molar-refractivity contribution in [2.75, 3.05) is 13.7 Å². The second-order valence-corrected chi connectivity index (χ2v) is 3.13. The van der Waals surface area contributed by atoms with E-state index in [-0.39, 0.29) is 18.4 Å². The molecular formula is C10H12ClNO3. The monoisotopic (exact) mass is 229 g/mol. The van der Waals surface area contributed by atoms with Gasteiger partial charge in [0.05, 0.1) is 13.2 Å². The lowest BCUT2D eigenvalue weighted by Crippen LogP contribution is -2.10. The summed E-state index contributed by atoms with van der Waals surface area (Å²) in [7, 11) is 1.34. The molecule has 1 atom stereocenters. The van der Waals surface area contributed by atoms with Gasteiger partial charge >= 0.3 is 5.97 Å². The summed E-state index contributed by atoms with van der Waals surface area (Å²) >= 11 is 0. The van der Waals surface area contributed by atoms with Gasteiger partial charge in [0.25, 0.3) is 0 Å². The Hall–Kier alpha value is -1.26. The Morgan fingerprint density at radius 1 is 1.60 bits per heavy atom. The Balaban J connectivity index is 0.00000112. The number of esters is 1. The zero-order valence-corrected chi connectivity index (χ0v) is 9.04. The van der Waals surface area contributed by atoms with Crippen molar-refractivity contribution < 1.29 is 14.3 Å². The van der Waals surface area contributed by atoms with Crippen molar-refractivity contribution in [2.45, 2.75) is 6.04 Å². The van der Waals surface area contributed by atoms with E-state index in [0.29, 0.717) is 17.9 Å². The number of benzene rings is 1. The lowest BCUT2D eigenvalue weighted by Gasteiger charge is -2.05. The summed E-state index contributed by atoms with van der Waals surface area (Å²) in [6.07, 6.45) is 0. The summed E-state index contributed by atoms with van der Waals surface area (Å²) in [5, 5.41) is 0. The molecule has 2 N–H and O–H groups in total. The van der Waals surface area contributed by atoms with E-state index in [9.17, 15) is 4.79 Å². The fourth-order valence-electron chi connectivity index (χ4n) is 1.54. The SMILES string of the molecule is COC(=O)c1cccc2c1OCC2N.Cl. The van der Waals surface area contributed by atoms with Crippen molar-refractivity contribution in [2.24, 2.45) is 5.73 Å². The Bertz CT molecular complexity index is 381. The number of para-hydroxylation sites is 1. The highest BCUT2D eigenvalue weighted by atomic mass is 35.5. The predicted molar refractivity (Wildman–Crippen MR) is 57.5 cm³/mol. The number of halogens is 1. The van der Waals surface area contributed by atoms with Crippen molar-refractivity contribution in [3.8, 4) is 5.75 Å². The highest BCUT2D eigenvalue weighted by Gasteiger charge is 2.25. The van der Waals surface area contributed by atoms with Gasteiger partial charge in [0.1, 0.15) is 17.9 Å². The summed E-state index contributed by atoms with van der Waals surface area (Å²) in [6, 6.07) is 5.16. The van der Waals surface area contributed by atoms with Crippen LogP contribution >= 0.6 is 12.4 Å². The second-order valence-electron chi connectivity index (χ2n) is 3.13. The maximum absolute atomic E-state index is 11.3. The largest absolute Gasteiger partial charge is 0.490 e. The van der Waals surface area contributed by atoms with Gasteiger partial charge in [-0.05, 0) is 6.07 Å². The van der Waals surface area contributed by atoms with Gasteiger partial charge in [-0.1, -0.05) is 12.1 Å². The topological polar surface area (TPSA) is 61.5 Å². The number of ether oxygens (including phenoxy) is 2. The molecule has 1 heterocycles. The molecule has 1 aromatic rings. The molecule has 0 saturated carbocycles. The van der Waals surface area contributed by atoms with Crippen LogP contribution in [0.15, 0.2) is 18.2 Å². The van der Waals surface area contributed by atoms with Gasteiger partial charge in [0.15, 0.2) is 0 Å². The number of fused-ring (bicyclic) bond motifs is 1. The van der Waals surface area contributed by atoms with Crippen molar-refractivity contribution in [1.29, 1.82) is 0 Å². The molecule has 0 radical (unpaired) electrons. The maximum Gasteiger partial charge on any atom is 0.341 e. The van der Waals surface area contributed by atoms with E-state index < -0.39 is 5.97 Å². The summed E-state index contributed by atoms with van der Waals surface area (Å²) in [5.74, 6) is 0.169. The van der Waals surface area contributed by atoms with Gasteiger partial charge in [-0.25, -0.2) is 4.79 Å². The van der Waals surface area contributed by atoms with Gasteiger partial charge in [-0.3, -0.25) is 0 Å². The second kappa shape index (κ2) is 4.51. The minimum atomic E-state index is -0.393. The molecule has 0 saturated heterocycles. The fraction of sp³-hybridized carbons (Fsp3) is 0.300. The van der Waals surface area contributed by atoms with Crippen molar-refractivity contribution in [1.82, 2.24) is 0 Å². The summed E-state index contributed by atoms with van der Waals surface area (Å²) < 4.78 is 9.98. The van der Waals surface area contributed by atoms with Gasteiger partial charge in [0.2, 0.25) is 0 Å². The van der Waals surface area contributed by atoms with Crippen LogP contribution in [0.3, 0.4) is 0 Å². The van der Waals surface area contributed by atoms with Crippen molar-refractivity contribution in [3.05, 3.63) is 29.3 Å². The molecule has 0 spiro atoms. The van der Waals surface area contributed by atoms with E-state index in [4.69, 9.17) is 10.5 Å². The van der Waals surface area contributed by atoms with Crippen LogP contribution in [0, 0.1) is 0 Å². The Morgan fingerprint density at radius 3 is 3.00 bits per heavy atom. The van der Waals surface area contributed by atoms with Gasteiger partial charge in [-0.15, -0.1) is 12.4 Å². The standard InChI is InChI=1S/C10H11NO3.ClH/c1-13-10(12)7-4-2-3-6-8(11)5-14-9(6)7;/h2-4,8H,5,11H2,1H3;1H. The number of hydrogen-bond donors (Lipinski definition) is 1. The van der Waals surface area contributed by atoms with E-state index in [2.05, 4.69) is 4.74 Å². The molecule has 5 heteroatoms. The number of nitrogens with two attached hydrogens (primary N) is 1. The fourth-order valence-corrected chi connectivity index (χ4v) is 1.54. The lowest BCUT2D eigenvalue weighted by atomic mass is 10.1. The molecule has 2 rings (SSSR count). The molecule has 4 nitrogen and oxygen atoms in total. The minimum Gasteiger partial charge on any atom is -0.490 e. The molecular weight excluding hydrogens is 218 g/mol. The van der Waals surface area contributed by atoms with Gasteiger partial charge in [-0.2, -0.15) is 0 Å². The first-order valence-corrected chi connectivity index (χ1v) is 4.33. The normalized spacial score (nSPS) is 17.3. The molecule has 0 aromatic heterocycles. The first-order valence-electron chi connectivity index (χ1n) is 4.33. The maximum atomic E-state index is 11.3. The minimum absolute atomic E-state index is 0. The predicted octanol–water partition coefficient (Wildman–Crippen LogP) is 1.29. The van der Waals surface area contributed by atoms with Crippen LogP contribution < -0.4 is 10.5 Å². The third-order valence-corrected chi connectivity index (χ3v) is 2.26. The summed E-state index contributed by atoms with van der Waals surface area (Å²) in [5.41, 5.74) is 7.09. The van der Waals surface area contributed by atoms with Crippen LogP contribution in [0.4, 0.5) is 0 Å². The molecule has 82 valence electrons. The molecule has 0 amide bonds. The van der Waals surface area contributed by atoms with Crippen LogP contribution in [0.2, 0.25) is 0 Å². The molecule has 0 fully saturated rings. The van der Waals surface area contributed by atoms with E-state index in [1.165, 1.54) is 7.11 Å². The number of carbonyl (C=O) groups excluding carboxylic acids is 1. The third kappa shape index (κ3) is 1.91. The smallest absolute Gasteiger partial charge is 0.341 e. The first kappa shape index (κ1) is 11.8. The molecule has 1 aliphatic heterocycles. The lowest BCUT2D eigenvalue weighted by molar-refractivity contribution is 0.0597. The average molecular weight is 230 g/mol. The van der Waals surface area contributed by atoms with Crippen molar-refractivity contribution >= 4 is 18.4 Å². The van der Waals surface area contributed by atoms with Crippen molar-refractivity contribution in [3.63, 3.8) is 0 Å². The Morgan fingerprint density at radius 2 is 2.33 bits per heavy atom. The molecule has 0 bridgehead atoms. The van der Waals surface area contributed by atoms with Crippen LogP contribution in [-0.2, 0) is 4.74 Å². The molecule has 1 aromatic carbocycles. The van der Waals surface area contributed by atoms with Gasteiger partial charge in [0, 0.05) is 5.56 Å². The highest BCUT2D eigenvalue weighted by Crippen LogP contribution is 2.34. The van der Waals surface area contributed by atoms with Crippen LogP contribution in [-0.4, -0.2) is 19.7 Å². The summed E-state index contributed by atoms with van der Waals surface area (Å²) in [6.45, 7) is 0.420. The third-order valence-electron chi connectivity index (χ3n) is 2.26. The molecule has 1 unspecified atom stereocenters. The zero-order valence-electron chi connectivity index (χ0n) is 8.23. The number of rotatable bonds is 1. The van der Waals surface area contributed by atoms with Crippen LogP contribution in [0.25, 0.3) is 0 Å².